The van der Waals surface area contributed by atoms with Crippen LogP contribution in [-0.2, 0) is 20.0 Å². The monoisotopic (exact) mass is 756 g/mol. The quantitative estimate of drug-likeness (QED) is 0.0564. The first kappa shape index (κ1) is 51.7. The average Bonchev–Trinajstić information content (AvgIpc) is 3.02. The minimum atomic E-state index is -3.35. The second kappa shape index (κ2) is 33.2. The van der Waals surface area contributed by atoms with E-state index in [-0.39, 0.29) is 16.9 Å². The zero-order valence-corrected chi connectivity index (χ0v) is 35.7. The number of unbranched alkanes of at least 4 members (excludes halogenated alkanes) is 3. The SMILES string of the molecule is CCC.CCCCCC(C)(C)CN(C)CCS(=O)(=O)NCCCN(CCCNCCCCNCCCN)CCCNS(=O)(=O)CCCC(C)C. The van der Waals surface area contributed by atoms with Crippen molar-refractivity contribution in [2.45, 2.75) is 132 Å². The number of rotatable bonds is 35. The Kier molecular flexibility index (Phi) is 34.4. The number of hydrogen-bond acceptors (Lipinski definition) is 9. The van der Waals surface area contributed by atoms with Crippen LogP contribution in [0.4, 0.5) is 0 Å². The molecule has 0 aromatic carbocycles. The molecule has 0 spiro atoms. The van der Waals surface area contributed by atoms with Gasteiger partial charge in [0.25, 0.3) is 0 Å². The Morgan fingerprint density at radius 1 is 0.640 bits per heavy atom. The van der Waals surface area contributed by atoms with Crippen molar-refractivity contribution < 1.29 is 16.8 Å². The lowest BCUT2D eigenvalue weighted by atomic mass is 9.86. The molecular formula is C37H85N7O4S2. The van der Waals surface area contributed by atoms with Crippen molar-refractivity contribution in [3.63, 3.8) is 0 Å². The van der Waals surface area contributed by atoms with E-state index in [4.69, 9.17) is 5.73 Å². The summed E-state index contributed by atoms with van der Waals surface area (Å²) in [6, 6.07) is 0. The molecule has 0 aromatic heterocycles. The molecule has 0 atom stereocenters. The van der Waals surface area contributed by atoms with Crippen LogP contribution in [0.15, 0.2) is 0 Å². The summed E-state index contributed by atoms with van der Waals surface area (Å²) in [5, 5.41) is 6.94. The normalized spacial score (nSPS) is 12.6. The molecular weight excluding hydrogens is 671 g/mol. The van der Waals surface area contributed by atoms with Crippen molar-refractivity contribution >= 4 is 20.0 Å². The highest BCUT2D eigenvalue weighted by molar-refractivity contribution is 7.89. The van der Waals surface area contributed by atoms with Gasteiger partial charge in [-0.05, 0) is 129 Å². The third kappa shape index (κ3) is 37.4. The van der Waals surface area contributed by atoms with Crippen LogP contribution in [0.2, 0.25) is 0 Å². The van der Waals surface area contributed by atoms with Gasteiger partial charge < -0.3 is 26.2 Å². The van der Waals surface area contributed by atoms with Crippen LogP contribution in [0, 0.1) is 11.3 Å². The fourth-order valence-electron chi connectivity index (χ4n) is 5.65. The first-order valence-corrected chi connectivity index (χ1v) is 23.4. The van der Waals surface area contributed by atoms with E-state index < -0.39 is 20.0 Å². The molecule has 0 rings (SSSR count). The van der Waals surface area contributed by atoms with Gasteiger partial charge in [0.15, 0.2) is 0 Å². The smallest absolute Gasteiger partial charge is 0.212 e. The molecule has 0 aliphatic carbocycles. The van der Waals surface area contributed by atoms with Gasteiger partial charge in [-0.15, -0.1) is 0 Å². The molecule has 304 valence electrons. The molecule has 0 saturated heterocycles. The summed E-state index contributed by atoms with van der Waals surface area (Å²) in [6.45, 7) is 24.5. The van der Waals surface area contributed by atoms with E-state index in [1.165, 1.54) is 25.7 Å². The fraction of sp³-hybridized carbons (Fsp3) is 1.00. The third-order valence-corrected chi connectivity index (χ3v) is 11.2. The lowest BCUT2D eigenvalue weighted by Crippen LogP contribution is -2.38. The molecule has 0 heterocycles. The third-order valence-electron chi connectivity index (χ3n) is 8.38. The Bertz CT molecular complexity index is 951. The molecule has 0 aromatic rings. The molecule has 0 fully saturated rings. The number of sulfonamides is 2. The number of nitrogens with one attached hydrogen (secondary N) is 4. The second-order valence-corrected chi connectivity index (χ2v) is 19.1. The van der Waals surface area contributed by atoms with Gasteiger partial charge in [0.1, 0.15) is 0 Å². The van der Waals surface area contributed by atoms with E-state index in [1.54, 1.807) is 0 Å². The lowest BCUT2D eigenvalue weighted by molar-refractivity contribution is 0.200. The van der Waals surface area contributed by atoms with E-state index >= 15 is 0 Å². The van der Waals surface area contributed by atoms with Crippen LogP contribution >= 0.6 is 0 Å². The summed E-state index contributed by atoms with van der Waals surface area (Å²) in [5.41, 5.74) is 5.70. The Morgan fingerprint density at radius 2 is 1.12 bits per heavy atom. The molecule has 0 radical (unpaired) electrons. The summed E-state index contributed by atoms with van der Waals surface area (Å²) in [5.74, 6) is 0.780. The Morgan fingerprint density at radius 3 is 1.62 bits per heavy atom. The Hall–Kier alpha value is -0.380. The van der Waals surface area contributed by atoms with Crippen molar-refractivity contribution in [1.82, 2.24) is 29.9 Å². The van der Waals surface area contributed by atoms with E-state index in [9.17, 15) is 16.8 Å². The van der Waals surface area contributed by atoms with Crippen molar-refractivity contribution in [2.24, 2.45) is 17.1 Å². The summed E-state index contributed by atoms with van der Waals surface area (Å²) in [6.07, 6.45) is 13.4. The van der Waals surface area contributed by atoms with Gasteiger partial charge in [0.05, 0.1) is 11.5 Å². The van der Waals surface area contributed by atoms with Crippen LogP contribution in [0.1, 0.15) is 132 Å². The van der Waals surface area contributed by atoms with Gasteiger partial charge in [-0.2, -0.15) is 0 Å². The van der Waals surface area contributed by atoms with E-state index in [0.29, 0.717) is 38.4 Å². The lowest BCUT2D eigenvalue weighted by Gasteiger charge is -2.30. The molecule has 50 heavy (non-hydrogen) atoms. The number of nitrogens with two attached hydrogens (primary N) is 1. The maximum absolute atomic E-state index is 12.7. The minimum Gasteiger partial charge on any atom is -0.330 e. The molecule has 0 unspecified atom stereocenters. The maximum Gasteiger partial charge on any atom is 0.212 e. The minimum absolute atomic E-state index is 0.102. The molecule has 6 N–H and O–H groups in total. The van der Waals surface area contributed by atoms with Gasteiger partial charge in [0, 0.05) is 26.2 Å². The van der Waals surface area contributed by atoms with Crippen LogP contribution in [0.25, 0.3) is 0 Å². The van der Waals surface area contributed by atoms with Crippen molar-refractivity contribution in [2.75, 3.05) is 97.1 Å². The van der Waals surface area contributed by atoms with Gasteiger partial charge in [-0.3, -0.25) is 0 Å². The van der Waals surface area contributed by atoms with Crippen molar-refractivity contribution in [1.29, 1.82) is 0 Å². The predicted octanol–water partition coefficient (Wildman–Crippen LogP) is 5.00. The summed E-state index contributed by atoms with van der Waals surface area (Å²) < 4.78 is 55.7. The van der Waals surface area contributed by atoms with Crippen LogP contribution in [-0.4, -0.2) is 124 Å². The maximum atomic E-state index is 12.7. The molecule has 0 aliphatic heterocycles. The molecule has 0 amide bonds. The fourth-order valence-corrected chi connectivity index (χ4v) is 7.94. The average molecular weight is 756 g/mol. The predicted molar refractivity (Wildman–Crippen MR) is 218 cm³/mol. The topological polar surface area (TPSA) is 149 Å². The first-order valence-electron chi connectivity index (χ1n) is 20.1. The first-order chi connectivity index (χ1) is 23.6. The largest absolute Gasteiger partial charge is 0.330 e. The standard InChI is InChI=1S/C34H77N7O4S2.C3H8/c1-7-8-9-18-34(4,5)32-40(6)29-31-47(44,45)39-25-16-28-41(26-14-23-37-21-11-10-20-36-22-13-19-35)27-15-24-38-46(42,43)30-12-17-33(2)3;1-3-2/h33,36-39H,7-32,35H2,1-6H3;3H2,1-2H3. The summed E-state index contributed by atoms with van der Waals surface area (Å²) in [4.78, 5) is 4.47. The molecule has 0 saturated carbocycles. The highest BCUT2D eigenvalue weighted by Gasteiger charge is 2.21. The Balaban J connectivity index is 0. The van der Waals surface area contributed by atoms with E-state index in [2.05, 4.69) is 78.3 Å². The van der Waals surface area contributed by atoms with Gasteiger partial charge in [0.2, 0.25) is 20.0 Å². The molecule has 0 bridgehead atoms. The van der Waals surface area contributed by atoms with Gasteiger partial charge in [-0.1, -0.05) is 74.1 Å². The summed E-state index contributed by atoms with van der Waals surface area (Å²) >= 11 is 0. The van der Waals surface area contributed by atoms with E-state index in [0.717, 1.165) is 104 Å². The molecule has 11 nitrogen and oxygen atoms in total. The van der Waals surface area contributed by atoms with Crippen LogP contribution in [0.5, 0.6) is 0 Å². The van der Waals surface area contributed by atoms with Gasteiger partial charge in [-0.25, -0.2) is 26.3 Å². The van der Waals surface area contributed by atoms with Crippen LogP contribution < -0.4 is 25.8 Å². The van der Waals surface area contributed by atoms with Gasteiger partial charge >= 0.3 is 0 Å². The number of hydrogen-bond donors (Lipinski definition) is 5. The van der Waals surface area contributed by atoms with Crippen LogP contribution in [0.3, 0.4) is 0 Å². The van der Waals surface area contributed by atoms with E-state index in [1.807, 2.05) is 7.05 Å². The van der Waals surface area contributed by atoms with Crippen molar-refractivity contribution in [3.05, 3.63) is 0 Å². The highest BCUT2D eigenvalue weighted by Crippen LogP contribution is 2.24. The molecule has 0 aliphatic rings. The summed E-state index contributed by atoms with van der Waals surface area (Å²) in [7, 11) is -4.58. The Labute approximate surface area is 311 Å². The number of nitrogens with zero attached hydrogens (tertiary/aromatic N) is 2. The second-order valence-electron chi connectivity index (χ2n) is 15.3. The zero-order valence-electron chi connectivity index (χ0n) is 34.1. The molecule has 13 heteroatoms. The van der Waals surface area contributed by atoms with Crippen molar-refractivity contribution in [3.8, 4) is 0 Å². The highest BCUT2D eigenvalue weighted by atomic mass is 32.2. The zero-order chi connectivity index (χ0) is 38.2.